The van der Waals surface area contributed by atoms with Crippen molar-refractivity contribution in [2.45, 2.75) is 31.3 Å². The Bertz CT molecular complexity index is 809. The smallest absolute Gasteiger partial charge is 0.157 e. The Morgan fingerprint density at radius 1 is 1.12 bits per heavy atom. The molecule has 0 aromatic heterocycles. The summed E-state index contributed by atoms with van der Waals surface area (Å²) < 4.78 is 30.8. The minimum atomic E-state index is -0.674. The lowest BCUT2D eigenvalue weighted by Crippen LogP contribution is -2.29. The predicted octanol–water partition coefficient (Wildman–Crippen LogP) is 3.62. The summed E-state index contributed by atoms with van der Waals surface area (Å²) in [6.45, 7) is 1.64. The van der Waals surface area contributed by atoms with Crippen LogP contribution in [0, 0.1) is 17.1 Å². The van der Waals surface area contributed by atoms with E-state index in [9.17, 15) is 4.39 Å². The van der Waals surface area contributed by atoms with Crippen LogP contribution in [0.2, 0.25) is 0 Å². The number of halogens is 1. The highest BCUT2D eigenvalue weighted by atomic mass is 19.1. The molecule has 2 aromatic rings. The van der Waals surface area contributed by atoms with Crippen LogP contribution in [-0.2, 0) is 26.4 Å². The summed E-state index contributed by atoms with van der Waals surface area (Å²) in [5.41, 5.74) is 2.86. The van der Waals surface area contributed by atoms with E-state index in [0.717, 1.165) is 16.7 Å². The summed E-state index contributed by atoms with van der Waals surface area (Å²) in [5, 5.41) is 9.13. The molecule has 2 aliphatic heterocycles. The average molecular weight is 339 g/mol. The third kappa shape index (κ3) is 2.93. The second-order valence-electron chi connectivity index (χ2n) is 6.32. The fourth-order valence-corrected chi connectivity index (χ4v) is 3.66. The van der Waals surface area contributed by atoms with Gasteiger partial charge in [-0.05, 0) is 47.4 Å². The van der Waals surface area contributed by atoms with Gasteiger partial charge in [0.15, 0.2) is 6.29 Å². The van der Waals surface area contributed by atoms with Crippen LogP contribution in [0.3, 0.4) is 0 Å². The summed E-state index contributed by atoms with van der Waals surface area (Å²) in [6, 6.07) is 14.2. The van der Waals surface area contributed by atoms with Gasteiger partial charge in [0.2, 0.25) is 0 Å². The molecule has 2 aliphatic rings. The summed E-state index contributed by atoms with van der Waals surface area (Å²) in [4.78, 5) is 0. The lowest BCUT2D eigenvalue weighted by atomic mass is 9.81. The highest BCUT2D eigenvalue weighted by molar-refractivity contribution is 5.47. The zero-order valence-electron chi connectivity index (χ0n) is 13.7. The Morgan fingerprint density at radius 2 is 1.88 bits per heavy atom. The fraction of sp³-hybridized carbons (Fsp3) is 0.350. The molecule has 2 heterocycles. The molecule has 0 spiro atoms. The Morgan fingerprint density at radius 3 is 2.60 bits per heavy atom. The number of nitrogens with zero attached hydrogens (tertiary/aromatic N) is 1. The van der Waals surface area contributed by atoms with Crippen LogP contribution in [0.1, 0.15) is 35.1 Å². The number of hydrogen-bond donors (Lipinski definition) is 0. The molecule has 5 heteroatoms. The van der Waals surface area contributed by atoms with Crippen molar-refractivity contribution < 1.29 is 18.6 Å². The van der Waals surface area contributed by atoms with Crippen LogP contribution in [-0.4, -0.2) is 19.5 Å². The quantitative estimate of drug-likeness (QED) is 0.854. The predicted molar refractivity (Wildman–Crippen MR) is 88.1 cm³/mol. The van der Waals surface area contributed by atoms with Gasteiger partial charge in [-0.2, -0.15) is 5.26 Å². The molecule has 25 heavy (non-hydrogen) atoms. The maximum absolute atomic E-state index is 13.4. The normalized spacial score (nSPS) is 22.7. The standard InChI is InChI=1S/C20H18FNO3/c21-17-4-2-16(3-5-17)20(8-7-19-23-9-10-24-19)18-6-1-14(12-22)11-15(18)13-25-20/h1-6,11,19H,7-10,13H2/t20-/m1/s1. The molecule has 0 bridgehead atoms. The first-order valence-corrected chi connectivity index (χ1v) is 8.38. The van der Waals surface area contributed by atoms with E-state index >= 15 is 0 Å². The highest BCUT2D eigenvalue weighted by Crippen LogP contribution is 2.46. The highest BCUT2D eigenvalue weighted by Gasteiger charge is 2.42. The van der Waals surface area contributed by atoms with Crippen LogP contribution in [0.5, 0.6) is 0 Å². The minimum absolute atomic E-state index is 0.233. The average Bonchev–Trinajstić information content (AvgIpc) is 3.28. The zero-order chi connectivity index (χ0) is 17.3. The number of rotatable bonds is 4. The number of nitriles is 1. The molecule has 0 aliphatic carbocycles. The molecule has 0 radical (unpaired) electrons. The number of hydrogen-bond acceptors (Lipinski definition) is 4. The molecule has 4 rings (SSSR count). The molecular weight excluding hydrogens is 321 g/mol. The number of fused-ring (bicyclic) bond motifs is 1. The molecule has 2 aromatic carbocycles. The number of benzene rings is 2. The molecule has 1 saturated heterocycles. The molecule has 0 amide bonds. The van der Waals surface area contributed by atoms with E-state index in [4.69, 9.17) is 19.5 Å². The van der Waals surface area contributed by atoms with Crippen LogP contribution in [0.4, 0.5) is 4.39 Å². The summed E-state index contributed by atoms with van der Waals surface area (Å²) in [6.07, 6.45) is 1.10. The van der Waals surface area contributed by atoms with Crippen LogP contribution < -0.4 is 0 Å². The zero-order valence-corrected chi connectivity index (χ0v) is 13.7. The Balaban J connectivity index is 1.73. The van der Waals surface area contributed by atoms with E-state index in [2.05, 4.69) is 6.07 Å². The second-order valence-corrected chi connectivity index (χ2v) is 6.32. The van der Waals surface area contributed by atoms with Crippen molar-refractivity contribution in [2.75, 3.05) is 13.2 Å². The van der Waals surface area contributed by atoms with Gasteiger partial charge in [0, 0.05) is 6.42 Å². The van der Waals surface area contributed by atoms with Crippen LogP contribution in [0.15, 0.2) is 42.5 Å². The summed E-state index contributed by atoms with van der Waals surface area (Å²) in [7, 11) is 0. The van der Waals surface area contributed by atoms with Gasteiger partial charge in [-0.15, -0.1) is 0 Å². The topological polar surface area (TPSA) is 51.5 Å². The third-order valence-electron chi connectivity index (χ3n) is 4.88. The minimum Gasteiger partial charge on any atom is -0.361 e. The van der Waals surface area contributed by atoms with Gasteiger partial charge in [-0.3, -0.25) is 0 Å². The van der Waals surface area contributed by atoms with Gasteiger partial charge < -0.3 is 14.2 Å². The molecule has 1 atom stereocenters. The molecule has 0 N–H and O–H groups in total. The summed E-state index contributed by atoms with van der Waals surface area (Å²) >= 11 is 0. The first kappa shape index (κ1) is 16.2. The summed E-state index contributed by atoms with van der Waals surface area (Å²) in [5.74, 6) is -0.278. The molecular formula is C20H18FNO3. The molecule has 0 saturated carbocycles. The third-order valence-corrected chi connectivity index (χ3v) is 4.88. The maximum Gasteiger partial charge on any atom is 0.157 e. The Kier molecular flexibility index (Phi) is 4.26. The van der Waals surface area contributed by atoms with E-state index < -0.39 is 5.60 Å². The van der Waals surface area contributed by atoms with E-state index in [0.29, 0.717) is 38.2 Å². The van der Waals surface area contributed by atoms with E-state index in [1.165, 1.54) is 12.1 Å². The van der Waals surface area contributed by atoms with Gasteiger partial charge in [-0.1, -0.05) is 18.2 Å². The lowest BCUT2D eigenvalue weighted by Gasteiger charge is -2.31. The molecule has 4 nitrogen and oxygen atoms in total. The van der Waals surface area contributed by atoms with E-state index in [-0.39, 0.29) is 12.1 Å². The lowest BCUT2D eigenvalue weighted by molar-refractivity contribution is -0.0738. The van der Waals surface area contributed by atoms with Crippen LogP contribution in [0.25, 0.3) is 0 Å². The van der Waals surface area contributed by atoms with Crippen molar-refractivity contribution in [2.24, 2.45) is 0 Å². The van der Waals surface area contributed by atoms with Gasteiger partial charge in [-0.25, -0.2) is 4.39 Å². The maximum atomic E-state index is 13.4. The van der Waals surface area contributed by atoms with Crippen molar-refractivity contribution in [1.29, 1.82) is 5.26 Å². The van der Waals surface area contributed by atoms with E-state index in [1.807, 2.05) is 12.1 Å². The second kappa shape index (κ2) is 6.57. The van der Waals surface area contributed by atoms with Gasteiger partial charge in [0.05, 0.1) is 31.5 Å². The molecule has 0 unspecified atom stereocenters. The van der Waals surface area contributed by atoms with Crippen molar-refractivity contribution in [3.63, 3.8) is 0 Å². The van der Waals surface area contributed by atoms with Crippen molar-refractivity contribution in [1.82, 2.24) is 0 Å². The number of ether oxygens (including phenoxy) is 3. The fourth-order valence-electron chi connectivity index (χ4n) is 3.66. The largest absolute Gasteiger partial charge is 0.361 e. The Labute approximate surface area is 145 Å². The van der Waals surface area contributed by atoms with Crippen molar-refractivity contribution in [3.8, 4) is 6.07 Å². The van der Waals surface area contributed by atoms with E-state index in [1.54, 1.807) is 18.2 Å². The Hall–Kier alpha value is -2.26. The van der Waals surface area contributed by atoms with Crippen molar-refractivity contribution >= 4 is 0 Å². The first-order chi connectivity index (χ1) is 12.2. The van der Waals surface area contributed by atoms with Gasteiger partial charge >= 0.3 is 0 Å². The van der Waals surface area contributed by atoms with Crippen molar-refractivity contribution in [3.05, 3.63) is 70.5 Å². The van der Waals surface area contributed by atoms with Crippen LogP contribution >= 0.6 is 0 Å². The van der Waals surface area contributed by atoms with Gasteiger partial charge in [0.25, 0.3) is 0 Å². The molecule has 1 fully saturated rings. The molecule has 128 valence electrons. The van der Waals surface area contributed by atoms with Gasteiger partial charge in [0.1, 0.15) is 11.4 Å². The monoisotopic (exact) mass is 339 g/mol. The SMILES string of the molecule is N#Cc1ccc2c(c1)CO[C@]2(CCC1OCCO1)c1ccc(F)cc1. The first-order valence-electron chi connectivity index (χ1n) is 8.38.